The van der Waals surface area contributed by atoms with Crippen LogP contribution in [0.4, 0.5) is 0 Å². The minimum atomic E-state index is -1.30. The number of carboxylic acid groups (broad SMARTS) is 2. The van der Waals surface area contributed by atoms with Crippen molar-refractivity contribution in [3.63, 3.8) is 0 Å². The average Bonchev–Trinajstić information content (AvgIpc) is 2.83. The van der Waals surface area contributed by atoms with Gasteiger partial charge in [-0.2, -0.15) is 0 Å². The molecule has 0 aliphatic carbocycles. The quantitative estimate of drug-likeness (QED) is 0.224. The van der Waals surface area contributed by atoms with E-state index in [2.05, 4.69) is 0 Å². The number of phenols is 2. The lowest BCUT2D eigenvalue weighted by Gasteiger charge is -2.29. The summed E-state index contributed by atoms with van der Waals surface area (Å²) in [7, 11) is 0. The monoisotopic (exact) mass is 602 g/mol. The van der Waals surface area contributed by atoms with Crippen molar-refractivity contribution in [2.45, 2.75) is 118 Å². The van der Waals surface area contributed by atoms with Gasteiger partial charge in [0, 0.05) is 0 Å². The minimum absolute atomic E-state index is 0.168. The van der Waals surface area contributed by atoms with Crippen LogP contribution in [-0.2, 0) is 34.5 Å². The highest BCUT2D eigenvalue weighted by Gasteiger charge is 2.30. The minimum Gasteiger partial charge on any atom is -0.507 e. The predicted molar refractivity (Wildman–Crippen MR) is 177 cm³/mol. The fourth-order valence-corrected chi connectivity index (χ4v) is 5.78. The zero-order chi connectivity index (χ0) is 33.7. The molecule has 0 aromatic heterocycles. The zero-order valence-corrected chi connectivity index (χ0v) is 28.5. The Bertz CT molecular complexity index is 1530. The lowest BCUT2D eigenvalue weighted by atomic mass is 9.76. The summed E-state index contributed by atoms with van der Waals surface area (Å²) < 4.78 is 0. The molecule has 0 saturated heterocycles. The van der Waals surface area contributed by atoms with Crippen LogP contribution < -0.4 is 0 Å². The van der Waals surface area contributed by atoms with Gasteiger partial charge in [-0.1, -0.05) is 113 Å². The second kappa shape index (κ2) is 11.6. The van der Waals surface area contributed by atoms with E-state index in [1.54, 1.807) is 6.07 Å². The van der Waals surface area contributed by atoms with Crippen LogP contribution in [-0.4, -0.2) is 32.4 Å². The van der Waals surface area contributed by atoms with Crippen LogP contribution in [0.1, 0.15) is 148 Å². The maximum Gasteiger partial charge on any atom is 0.336 e. The molecule has 6 nitrogen and oxygen atoms in total. The molecule has 3 aromatic rings. The molecule has 0 aliphatic heterocycles. The van der Waals surface area contributed by atoms with Gasteiger partial charge >= 0.3 is 11.9 Å². The number of benzene rings is 3. The van der Waals surface area contributed by atoms with Crippen molar-refractivity contribution in [3.8, 4) is 11.5 Å². The third-order valence-electron chi connectivity index (χ3n) is 8.20. The van der Waals surface area contributed by atoms with E-state index in [1.165, 1.54) is 6.07 Å². The van der Waals surface area contributed by atoms with E-state index < -0.39 is 11.9 Å². The molecule has 0 heterocycles. The van der Waals surface area contributed by atoms with Crippen LogP contribution >= 0.6 is 0 Å². The lowest BCUT2D eigenvalue weighted by Crippen LogP contribution is -2.19. The summed E-state index contributed by atoms with van der Waals surface area (Å²) in [6.07, 6.45) is 0.513. The topological polar surface area (TPSA) is 115 Å². The first-order chi connectivity index (χ1) is 19.8. The number of aromatic hydroxyl groups is 2. The Kier molecular flexibility index (Phi) is 9.15. The van der Waals surface area contributed by atoms with Gasteiger partial charge in [0.1, 0.15) is 11.5 Å². The van der Waals surface area contributed by atoms with E-state index in [4.69, 9.17) is 0 Å². The number of hydrogen-bond acceptors (Lipinski definition) is 4. The molecule has 0 spiro atoms. The van der Waals surface area contributed by atoms with Crippen LogP contribution in [0.25, 0.3) is 0 Å². The first-order valence-corrected chi connectivity index (χ1v) is 15.2. The second-order valence-corrected chi connectivity index (χ2v) is 16.2. The first kappa shape index (κ1) is 34.7. The molecule has 4 N–H and O–H groups in total. The predicted octanol–water partition coefficient (Wildman–Crippen LogP) is 8.87. The highest BCUT2D eigenvalue weighted by atomic mass is 16.4. The second-order valence-electron chi connectivity index (χ2n) is 16.2. The summed E-state index contributed by atoms with van der Waals surface area (Å²) in [4.78, 5) is 25.0. The Morgan fingerprint density at radius 3 is 1.18 bits per heavy atom. The molecule has 3 aromatic carbocycles. The van der Waals surface area contributed by atoms with Crippen LogP contribution in [0, 0.1) is 0 Å². The third-order valence-corrected chi connectivity index (χ3v) is 8.20. The van der Waals surface area contributed by atoms with Crippen LogP contribution in [0.3, 0.4) is 0 Å². The normalized spacial score (nSPS) is 12.8. The van der Waals surface area contributed by atoms with E-state index in [1.807, 2.05) is 107 Å². The summed E-state index contributed by atoms with van der Waals surface area (Å²) in [5.74, 6) is -2.13. The van der Waals surface area contributed by atoms with Gasteiger partial charge in [0.2, 0.25) is 0 Å². The van der Waals surface area contributed by atoms with Crippen LogP contribution in [0.5, 0.6) is 11.5 Å². The highest BCUT2D eigenvalue weighted by Crippen LogP contribution is 2.42. The molecule has 0 radical (unpaired) electrons. The molecule has 0 fully saturated rings. The van der Waals surface area contributed by atoms with Crippen molar-refractivity contribution in [2.24, 2.45) is 0 Å². The molecule has 0 aliphatic rings. The number of carboxylic acids is 2. The SMILES string of the molecule is CC(C)(C)c1cc(Cc2ccc(C(=O)O)c(C(=O)O)c2Cc2cc(C(C)(C)C)c(O)c(C(C)(C)C)c2)cc(C(C)(C)C)c1O. The van der Waals surface area contributed by atoms with Crippen molar-refractivity contribution in [1.29, 1.82) is 0 Å². The summed E-state index contributed by atoms with van der Waals surface area (Å²) >= 11 is 0. The molecule has 6 heteroatoms. The lowest BCUT2D eigenvalue weighted by molar-refractivity contribution is 0.0650. The molecule has 0 bridgehead atoms. The van der Waals surface area contributed by atoms with Crippen molar-refractivity contribution in [1.82, 2.24) is 0 Å². The van der Waals surface area contributed by atoms with Crippen LogP contribution in [0.2, 0.25) is 0 Å². The molecule has 238 valence electrons. The zero-order valence-electron chi connectivity index (χ0n) is 28.5. The fraction of sp³-hybridized carbons (Fsp3) is 0.474. The van der Waals surface area contributed by atoms with Gasteiger partial charge in [-0.25, -0.2) is 9.59 Å². The smallest absolute Gasteiger partial charge is 0.336 e. The highest BCUT2D eigenvalue weighted by molar-refractivity contribution is 6.03. The van der Waals surface area contributed by atoms with Gasteiger partial charge in [-0.05, 0) is 85.1 Å². The number of carbonyl (C=O) groups is 2. The summed E-state index contributed by atoms with van der Waals surface area (Å²) in [5.41, 5.74) is 3.92. The Labute approximate surface area is 262 Å². The Balaban J connectivity index is 2.37. The van der Waals surface area contributed by atoms with Gasteiger partial charge in [-0.15, -0.1) is 0 Å². The summed E-state index contributed by atoms with van der Waals surface area (Å²) in [6.45, 7) is 24.3. The van der Waals surface area contributed by atoms with E-state index in [0.29, 0.717) is 17.5 Å². The van der Waals surface area contributed by atoms with Gasteiger partial charge in [0.15, 0.2) is 0 Å². The summed E-state index contributed by atoms with van der Waals surface area (Å²) in [6, 6.07) is 10.8. The Hall–Kier alpha value is -3.80. The molecule has 44 heavy (non-hydrogen) atoms. The summed E-state index contributed by atoms with van der Waals surface area (Å²) in [5, 5.41) is 42.9. The average molecular weight is 603 g/mol. The van der Waals surface area contributed by atoms with Gasteiger partial charge in [0.05, 0.1) is 11.1 Å². The Morgan fingerprint density at radius 2 is 0.886 bits per heavy atom. The molecular formula is C38H50O6. The molecule has 0 unspecified atom stereocenters. The van der Waals surface area contributed by atoms with Crippen molar-refractivity contribution >= 4 is 11.9 Å². The third kappa shape index (κ3) is 7.28. The van der Waals surface area contributed by atoms with Gasteiger partial charge in [-0.3, -0.25) is 0 Å². The number of aromatic carboxylic acids is 2. The van der Waals surface area contributed by atoms with E-state index in [9.17, 15) is 30.0 Å². The standard InChI is InChI=1S/C38H50O6/c1-35(2,3)26-17-21(18-27(31(26)39)36(4,5)6)15-23-13-14-24(33(41)42)30(34(43)44)25(23)16-22-19-28(37(7,8)9)32(40)29(20-22)38(10,11)12/h13-14,17-20,39-40H,15-16H2,1-12H3,(H,41,42)(H,43,44). The van der Waals surface area contributed by atoms with Crippen LogP contribution in [0.15, 0.2) is 36.4 Å². The van der Waals surface area contributed by atoms with Crippen molar-refractivity contribution in [3.05, 3.63) is 92.0 Å². The molecular weight excluding hydrogens is 552 g/mol. The number of hydrogen-bond donors (Lipinski definition) is 4. The molecule has 3 rings (SSSR count). The number of phenolic OH excluding ortho intramolecular Hbond substituents is 2. The number of rotatable bonds is 6. The maximum absolute atomic E-state index is 12.7. The van der Waals surface area contributed by atoms with Gasteiger partial charge in [0.25, 0.3) is 0 Å². The fourth-order valence-electron chi connectivity index (χ4n) is 5.78. The van der Waals surface area contributed by atoms with E-state index in [-0.39, 0.29) is 50.7 Å². The first-order valence-electron chi connectivity index (χ1n) is 15.2. The molecule has 0 atom stereocenters. The van der Waals surface area contributed by atoms with E-state index in [0.717, 1.165) is 33.4 Å². The van der Waals surface area contributed by atoms with Crippen molar-refractivity contribution in [2.75, 3.05) is 0 Å². The maximum atomic E-state index is 12.7. The molecule has 0 amide bonds. The van der Waals surface area contributed by atoms with E-state index >= 15 is 0 Å². The van der Waals surface area contributed by atoms with Gasteiger partial charge < -0.3 is 20.4 Å². The molecule has 0 saturated carbocycles. The Morgan fingerprint density at radius 1 is 0.545 bits per heavy atom. The largest absolute Gasteiger partial charge is 0.507 e. The van der Waals surface area contributed by atoms with Crippen molar-refractivity contribution < 1.29 is 30.0 Å².